The molecule has 0 bridgehead atoms. The Morgan fingerprint density at radius 1 is 0.963 bits per heavy atom. The fraction of sp³-hybridized carbons (Fsp3) is 0.0500. The molecular weight excluding hydrogens is 366 g/mol. The van der Waals surface area contributed by atoms with E-state index in [4.69, 9.17) is 16.3 Å². The molecule has 1 heterocycles. The lowest BCUT2D eigenvalue weighted by Gasteiger charge is -2.10. The van der Waals surface area contributed by atoms with Gasteiger partial charge in [-0.15, -0.1) is 0 Å². The van der Waals surface area contributed by atoms with Gasteiger partial charge in [-0.05, 0) is 42.5 Å². The molecule has 6 nitrogen and oxygen atoms in total. The van der Waals surface area contributed by atoms with E-state index in [1.807, 2.05) is 0 Å². The van der Waals surface area contributed by atoms with Gasteiger partial charge in [0.2, 0.25) is 0 Å². The smallest absolute Gasteiger partial charge is 0.262 e. The van der Waals surface area contributed by atoms with Crippen molar-refractivity contribution in [3.05, 3.63) is 83.6 Å². The topological polar surface area (TPSA) is 80.3 Å². The van der Waals surface area contributed by atoms with Crippen LogP contribution >= 0.6 is 11.6 Å². The van der Waals surface area contributed by atoms with E-state index in [1.165, 1.54) is 6.20 Å². The molecule has 0 aliphatic carbocycles. The van der Waals surface area contributed by atoms with Gasteiger partial charge in [0, 0.05) is 23.8 Å². The van der Waals surface area contributed by atoms with Crippen LogP contribution in [-0.2, 0) is 4.79 Å². The van der Waals surface area contributed by atoms with E-state index in [9.17, 15) is 9.59 Å². The summed E-state index contributed by atoms with van der Waals surface area (Å²) in [5, 5.41) is 5.91. The fourth-order valence-corrected chi connectivity index (χ4v) is 2.47. The summed E-state index contributed by atoms with van der Waals surface area (Å²) < 4.78 is 5.40. The number of halogens is 1. The maximum absolute atomic E-state index is 12.2. The molecule has 0 spiro atoms. The van der Waals surface area contributed by atoms with Crippen molar-refractivity contribution in [3.8, 4) is 5.75 Å². The molecule has 3 rings (SSSR count). The number of amides is 2. The zero-order valence-corrected chi connectivity index (χ0v) is 14.9. The SMILES string of the molecule is O=C(COc1ccccc1Cl)Nc1cccc(NC(=O)c2cccnc2)c1. The highest BCUT2D eigenvalue weighted by Gasteiger charge is 2.08. The van der Waals surface area contributed by atoms with Crippen molar-refractivity contribution >= 4 is 34.8 Å². The van der Waals surface area contributed by atoms with Crippen LogP contribution < -0.4 is 15.4 Å². The van der Waals surface area contributed by atoms with E-state index in [-0.39, 0.29) is 18.4 Å². The summed E-state index contributed by atoms with van der Waals surface area (Å²) in [6.45, 7) is -0.185. The first-order valence-corrected chi connectivity index (χ1v) is 8.48. The highest BCUT2D eigenvalue weighted by Crippen LogP contribution is 2.23. The van der Waals surface area contributed by atoms with E-state index < -0.39 is 0 Å². The number of nitrogens with zero attached hydrogens (tertiary/aromatic N) is 1. The molecule has 0 aliphatic rings. The molecule has 0 unspecified atom stereocenters. The van der Waals surface area contributed by atoms with Crippen LogP contribution in [0.2, 0.25) is 5.02 Å². The molecule has 2 aromatic carbocycles. The second-order valence-electron chi connectivity index (χ2n) is 5.54. The molecule has 2 amide bonds. The molecule has 2 N–H and O–H groups in total. The van der Waals surface area contributed by atoms with Crippen molar-refractivity contribution in [1.82, 2.24) is 4.98 Å². The maximum Gasteiger partial charge on any atom is 0.262 e. The van der Waals surface area contributed by atoms with Crippen molar-refractivity contribution in [1.29, 1.82) is 0 Å². The van der Waals surface area contributed by atoms with Gasteiger partial charge >= 0.3 is 0 Å². The average Bonchev–Trinajstić information content (AvgIpc) is 2.68. The first kappa shape index (κ1) is 18.4. The van der Waals surface area contributed by atoms with Gasteiger partial charge in [0.05, 0.1) is 10.6 Å². The standard InChI is InChI=1S/C20H16ClN3O3/c21-17-8-1-2-9-18(17)27-13-19(25)23-15-6-3-7-16(11-15)24-20(26)14-5-4-10-22-12-14/h1-12H,13H2,(H,23,25)(H,24,26). The molecule has 0 saturated carbocycles. The first-order chi connectivity index (χ1) is 13.1. The number of rotatable bonds is 6. The average molecular weight is 382 g/mol. The minimum Gasteiger partial charge on any atom is -0.482 e. The number of para-hydroxylation sites is 1. The number of benzene rings is 2. The number of carbonyl (C=O) groups excluding carboxylic acids is 2. The molecule has 27 heavy (non-hydrogen) atoms. The Bertz CT molecular complexity index is 948. The maximum atomic E-state index is 12.2. The summed E-state index contributed by atoms with van der Waals surface area (Å²) in [5.41, 5.74) is 1.53. The van der Waals surface area contributed by atoms with E-state index in [2.05, 4.69) is 15.6 Å². The Kier molecular flexibility index (Phi) is 6.02. The Morgan fingerprint density at radius 3 is 2.48 bits per heavy atom. The van der Waals surface area contributed by atoms with E-state index in [0.717, 1.165) is 0 Å². The fourth-order valence-electron chi connectivity index (χ4n) is 2.28. The second kappa shape index (κ2) is 8.82. The number of anilines is 2. The molecule has 0 fully saturated rings. The normalized spacial score (nSPS) is 10.1. The monoisotopic (exact) mass is 381 g/mol. The summed E-state index contributed by atoms with van der Waals surface area (Å²) in [6.07, 6.45) is 3.07. The lowest BCUT2D eigenvalue weighted by molar-refractivity contribution is -0.118. The van der Waals surface area contributed by atoms with Crippen LogP contribution in [0, 0.1) is 0 Å². The molecule has 0 atom stereocenters. The van der Waals surface area contributed by atoms with Gasteiger partial charge < -0.3 is 15.4 Å². The number of pyridine rings is 1. The Hall–Kier alpha value is -3.38. The van der Waals surface area contributed by atoms with Crippen LogP contribution in [0.15, 0.2) is 73.1 Å². The van der Waals surface area contributed by atoms with Crippen LogP contribution in [0.4, 0.5) is 11.4 Å². The van der Waals surface area contributed by atoms with E-state index in [0.29, 0.717) is 27.7 Å². The molecule has 1 aromatic heterocycles. The summed E-state index contributed by atoms with van der Waals surface area (Å²) in [6, 6.07) is 17.1. The number of carbonyl (C=O) groups is 2. The summed E-state index contributed by atoms with van der Waals surface area (Å²) in [5.74, 6) is -0.189. The van der Waals surface area contributed by atoms with Gasteiger partial charge in [-0.2, -0.15) is 0 Å². The minimum atomic E-state index is -0.342. The van der Waals surface area contributed by atoms with Gasteiger partial charge in [0.1, 0.15) is 5.75 Å². The van der Waals surface area contributed by atoms with Gasteiger partial charge in [-0.3, -0.25) is 14.6 Å². The highest BCUT2D eigenvalue weighted by molar-refractivity contribution is 6.32. The van der Waals surface area contributed by atoms with Crippen molar-refractivity contribution < 1.29 is 14.3 Å². The van der Waals surface area contributed by atoms with Crippen molar-refractivity contribution in [3.63, 3.8) is 0 Å². The first-order valence-electron chi connectivity index (χ1n) is 8.10. The van der Waals surface area contributed by atoms with Crippen LogP contribution in [0.3, 0.4) is 0 Å². The Labute approximate surface area is 161 Å². The molecule has 136 valence electrons. The van der Waals surface area contributed by atoms with Crippen molar-refractivity contribution in [2.24, 2.45) is 0 Å². The largest absolute Gasteiger partial charge is 0.482 e. The third kappa shape index (κ3) is 5.29. The highest BCUT2D eigenvalue weighted by atomic mass is 35.5. The number of nitrogens with one attached hydrogen (secondary N) is 2. The summed E-state index contributed by atoms with van der Waals surface area (Å²) in [7, 11) is 0. The predicted octanol–water partition coefficient (Wildman–Crippen LogP) is 4.00. The lowest BCUT2D eigenvalue weighted by atomic mass is 10.2. The van der Waals surface area contributed by atoms with Crippen molar-refractivity contribution in [2.75, 3.05) is 17.2 Å². The summed E-state index contributed by atoms with van der Waals surface area (Å²) in [4.78, 5) is 28.2. The molecule has 0 saturated heterocycles. The number of hydrogen-bond acceptors (Lipinski definition) is 4. The van der Waals surface area contributed by atoms with E-state index in [1.54, 1.807) is 66.9 Å². The number of hydrogen-bond donors (Lipinski definition) is 2. The lowest BCUT2D eigenvalue weighted by Crippen LogP contribution is -2.20. The molecular formula is C20H16ClN3O3. The number of aromatic nitrogens is 1. The van der Waals surface area contributed by atoms with Gasteiger partial charge in [0.25, 0.3) is 11.8 Å². The van der Waals surface area contributed by atoms with Crippen LogP contribution in [0.1, 0.15) is 10.4 Å². The molecule has 7 heteroatoms. The minimum absolute atomic E-state index is 0.185. The predicted molar refractivity (Wildman–Crippen MR) is 104 cm³/mol. The molecule has 0 aliphatic heterocycles. The van der Waals surface area contributed by atoms with Crippen LogP contribution in [-0.4, -0.2) is 23.4 Å². The molecule has 3 aromatic rings. The van der Waals surface area contributed by atoms with Gasteiger partial charge in [-0.1, -0.05) is 29.8 Å². The Morgan fingerprint density at radius 2 is 1.74 bits per heavy atom. The Balaban J connectivity index is 1.58. The van der Waals surface area contributed by atoms with Gasteiger partial charge in [0.15, 0.2) is 6.61 Å². The van der Waals surface area contributed by atoms with Gasteiger partial charge in [-0.25, -0.2) is 0 Å². The van der Waals surface area contributed by atoms with Crippen molar-refractivity contribution in [2.45, 2.75) is 0 Å². The third-order valence-corrected chi connectivity index (χ3v) is 3.84. The zero-order chi connectivity index (χ0) is 19.1. The van der Waals surface area contributed by atoms with Crippen LogP contribution in [0.5, 0.6) is 5.75 Å². The van der Waals surface area contributed by atoms with Crippen LogP contribution in [0.25, 0.3) is 0 Å². The second-order valence-corrected chi connectivity index (χ2v) is 5.95. The van der Waals surface area contributed by atoms with E-state index >= 15 is 0 Å². The molecule has 0 radical (unpaired) electrons. The quantitative estimate of drug-likeness (QED) is 0.676. The summed E-state index contributed by atoms with van der Waals surface area (Å²) >= 11 is 5.99. The number of ether oxygens (including phenoxy) is 1. The zero-order valence-electron chi connectivity index (χ0n) is 14.2. The third-order valence-electron chi connectivity index (χ3n) is 3.52.